The SMILES string of the molecule is Nc1ccc(Cc2ccc(N)c(C(=O)OCc3ccccc3)c2)cc1C(=O)OCc1ccccc1. The van der Waals surface area contributed by atoms with E-state index in [9.17, 15) is 9.59 Å². The average molecular weight is 467 g/mol. The Hall–Kier alpha value is -4.58. The van der Waals surface area contributed by atoms with E-state index >= 15 is 0 Å². The molecule has 0 aliphatic carbocycles. The van der Waals surface area contributed by atoms with Crippen LogP contribution in [-0.2, 0) is 29.1 Å². The van der Waals surface area contributed by atoms with Crippen LogP contribution >= 0.6 is 0 Å². The molecule has 4 aromatic carbocycles. The number of nitrogens with two attached hydrogens (primary N) is 2. The predicted molar refractivity (Wildman–Crippen MR) is 136 cm³/mol. The monoisotopic (exact) mass is 466 g/mol. The third-order valence-corrected chi connectivity index (χ3v) is 5.51. The normalized spacial score (nSPS) is 10.5. The molecule has 0 saturated carbocycles. The Morgan fingerprint density at radius 3 is 1.34 bits per heavy atom. The number of carbonyl (C=O) groups excluding carboxylic acids is 2. The first-order valence-corrected chi connectivity index (χ1v) is 11.2. The van der Waals surface area contributed by atoms with Crippen LogP contribution in [0.2, 0.25) is 0 Å². The Bertz CT molecular complexity index is 1220. The maximum atomic E-state index is 12.6. The van der Waals surface area contributed by atoms with Gasteiger partial charge in [0.25, 0.3) is 0 Å². The molecule has 35 heavy (non-hydrogen) atoms. The first kappa shape index (κ1) is 23.6. The highest BCUT2D eigenvalue weighted by atomic mass is 16.5. The standard InChI is InChI=1S/C29H26N2O4/c30-26-13-11-22(16-24(26)28(32)34-18-20-7-3-1-4-8-20)15-23-12-14-27(31)25(17-23)29(33)35-19-21-9-5-2-6-10-21/h1-14,16-17H,15,18-19,30-31H2. The van der Waals surface area contributed by atoms with E-state index < -0.39 is 11.9 Å². The topological polar surface area (TPSA) is 105 Å². The van der Waals surface area contributed by atoms with Crippen LogP contribution in [0.25, 0.3) is 0 Å². The molecule has 6 heteroatoms. The van der Waals surface area contributed by atoms with Crippen LogP contribution in [0.5, 0.6) is 0 Å². The number of anilines is 2. The van der Waals surface area contributed by atoms with Gasteiger partial charge in [-0.15, -0.1) is 0 Å². The number of esters is 2. The number of hydrogen-bond donors (Lipinski definition) is 2. The van der Waals surface area contributed by atoms with Gasteiger partial charge in [-0.1, -0.05) is 72.8 Å². The Kier molecular flexibility index (Phi) is 7.43. The minimum atomic E-state index is -0.490. The molecule has 0 aliphatic heterocycles. The van der Waals surface area contributed by atoms with Gasteiger partial charge in [-0.2, -0.15) is 0 Å². The molecule has 0 spiro atoms. The fourth-order valence-electron chi connectivity index (χ4n) is 3.62. The quantitative estimate of drug-likeness (QED) is 0.275. The van der Waals surface area contributed by atoms with Crippen LogP contribution in [0.1, 0.15) is 43.0 Å². The molecule has 0 amide bonds. The minimum Gasteiger partial charge on any atom is -0.457 e. The maximum Gasteiger partial charge on any atom is 0.340 e. The molecule has 0 atom stereocenters. The average Bonchev–Trinajstić information content (AvgIpc) is 2.89. The summed E-state index contributed by atoms with van der Waals surface area (Å²) in [5.74, 6) is -0.980. The first-order chi connectivity index (χ1) is 17.0. The summed E-state index contributed by atoms with van der Waals surface area (Å²) < 4.78 is 10.9. The third-order valence-electron chi connectivity index (χ3n) is 5.51. The van der Waals surface area contributed by atoms with Crippen LogP contribution in [0.15, 0.2) is 97.1 Å². The van der Waals surface area contributed by atoms with Gasteiger partial charge >= 0.3 is 11.9 Å². The summed E-state index contributed by atoms with van der Waals surface area (Å²) in [4.78, 5) is 25.3. The van der Waals surface area contributed by atoms with Crippen molar-refractivity contribution in [2.45, 2.75) is 19.6 Å². The predicted octanol–water partition coefficient (Wildman–Crippen LogP) is 5.16. The van der Waals surface area contributed by atoms with Gasteiger partial charge in [0, 0.05) is 11.4 Å². The van der Waals surface area contributed by atoms with Crippen molar-refractivity contribution >= 4 is 23.3 Å². The molecule has 4 rings (SSSR count). The van der Waals surface area contributed by atoms with Crippen LogP contribution in [0.4, 0.5) is 11.4 Å². The fraction of sp³-hybridized carbons (Fsp3) is 0.103. The molecule has 0 unspecified atom stereocenters. The van der Waals surface area contributed by atoms with E-state index in [0.29, 0.717) is 28.9 Å². The summed E-state index contributed by atoms with van der Waals surface area (Å²) in [6.45, 7) is 0.325. The van der Waals surface area contributed by atoms with E-state index in [1.165, 1.54) is 0 Å². The molecule has 0 aromatic heterocycles. The van der Waals surface area contributed by atoms with Gasteiger partial charge in [0.15, 0.2) is 0 Å². The summed E-state index contributed by atoms with van der Waals surface area (Å²) >= 11 is 0. The molecular weight excluding hydrogens is 440 g/mol. The lowest BCUT2D eigenvalue weighted by molar-refractivity contribution is 0.0465. The maximum absolute atomic E-state index is 12.6. The van der Waals surface area contributed by atoms with Gasteiger partial charge in [-0.25, -0.2) is 9.59 Å². The Morgan fingerprint density at radius 2 is 0.943 bits per heavy atom. The number of ether oxygens (including phenoxy) is 2. The number of nitrogen functional groups attached to an aromatic ring is 2. The molecule has 0 heterocycles. The first-order valence-electron chi connectivity index (χ1n) is 11.2. The zero-order chi connectivity index (χ0) is 24.6. The lowest BCUT2D eigenvalue weighted by Gasteiger charge is -2.11. The highest BCUT2D eigenvalue weighted by Crippen LogP contribution is 2.22. The largest absolute Gasteiger partial charge is 0.457 e. The second-order valence-corrected chi connectivity index (χ2v) is 8.14. The summed E-state index contributed by atoms with van der Waals surface area (Å²) in [6.07, 6.45) is 0.471. The Balaban J connectivity index is 1.45. The second kappa shape index (κ2) is 11.0. The Labute approximate surface area is 204 Å². The molecule has 0 bridgehead atoms. The van der Waals surface area contributed by atoms with Crippen LogP contribution in [0, 0.1) is 0 Å². The van der Waals surface area contributed by atoms with Crippen LogP contribution in [-0.4, -0.2) is 11.9 Å². The lowest BCUT2D eigenvalue weighted by atomic mass is 9.99. The fourth-order valence-corrected chi connectivity index (χ4v) is 3.62. The Morgan fingerprint density at radius 1 is 0.543 bits per heavy atom. The van der Waals surface area contributed by atoms with E-state index in [1.54, 1.807) is 24.3 Å². The van der Waals surface area contributed by atoms with Crippen molar-refractivity contribution in [2.75, 3.05) is 11.5 Å². The van der Waals surface area contributed by atoms with Crippen LogP contribution < -0.4 is 11.5 Å². The zero-order valence-electron chi connectivity index (χ0n) is 19.1. The van der Waals surface area contributed by atoms with Crippen molar-refractivity contribution in [3.8, 4) is 0 Å². The molecule has 4 N–H and O–H groups in total. The number of hydrogen-bond acceptors (Lipinski definition) is 6. The molecule has 0 aliphatic rings. The van der Waals surface area contributed by atoms with E-state index in [0.717, 1.165) is 22.3 Å². The van der Waals surface area contributed by atoms with Gasteiger partial charge in [-0.3, -0.25) is 0 Å². The van der Waals surface area contributed by atoms with Crippen molar-refractivity contribution in [1.82, 2.24) is 0 Å². The van der Waals surface area contributed by atoms with Crippen LogP contribution in [0.3, 0.4) is 0 Å². The van der Waals surface area contributed by atoms with Crippen molar-refractivity contribution < 1.29 is 19.1 Å². The highest BCUT2D eigenvalue weighted by Gasteiger charge is 2.15. The summed E-state index contributed by atoms with van der Waals surface area (Å²) in [6, 6.07) is 29.4. The van der Waals surface area contributed by atoms with E-state index in [2.05, 4.69) is 0 Å². The third kappa shape index (κ3) is 6.26. The number of benzene rings is 4. The number of rotatable bonds is 8. The van der Waals surface area contributed by atoms with Crippen molar-refractivity contribution in [2.24, 2.45) is 0 Å². The van der Waals surface area contributed by atoms with Gasteiger partial charge in [0.2, 0.25) is 0 Å². The molecule has 0 saturated heterocycles. The summed E-state index contributed by atoms with van der Waals surface area (Å²) in [5, 5.41) is 0. The summed E-state index contributed by atoms with van der Waals surface area (Å²) in [5.41, 5.74) is 16.8. The van der Waals surface area contributed by atoms with Gasteiger partial charge in [0.05, 0.1) is 11.1 Å². The molecule has 4 aromatic rings. The van der Waals surface area contributed by atoms with Crippen molar-refractivity contribution in [3.05, 3.63) is 130 Å². The zero-order valence-corrected chi connectivity index (χ0v) is 19.1. The summed E-state index contributed by atoms with van der Waals surface area (Å²) in [7, 11) is 0. The lowest BCUT2D eigenvalue weighted by Crippen LogP contribution is -2.10. The van der Waals surface area contributed by atoms with Crippen molar-refractivity contribution in [1.29, 1.82) is 0 Å². The highest BCUT2D eigenvalue weighted by molar-refractivity contribution is 5.96. The smallest absolute Gasteiger partial charge is 0.340 e. The van der Waals surface area contributed by atoms with Gasteiger partial charge < -0.3 is 20.9 Å². The molecule has 0 radical (unpaired) electrons. The van der Waals surface area contributed by atoms with E-state index in [-0.39, 0.29) is 13.2 Å². The van der Waals surface area contributed by atoms with E-state index in [4.69, 9.17) is 20.9 Å². The molecule has 0 fully saturated rings. The molecular formula is C29H26N2O4. The van der Waals surface area contributed by atoms with Gasteiger partial charge in [0.1, 0.15) is 13.2 Å². The number of carbonyl (C=O) groups is 2. The second-order valence-electron chi connectivity index (χ2n) is 8.14. The van der Waals surface area contributed by atoms with Crippen molar-refractivity contribution in [3.63, 3.8) is 0 Å². The minimum absolute atomic E-state index is 0.162. The van der Waals surface area contributed by atoms with E-state index in [1.807, 2.05) is 72.8 Å². The molecule has 176 valence electrons. The van der Waals surface area contributed by atoms with Gasteiger partial charge in [-0.05, 0) is 52.9 Å². The molecule has 6 nitrogen and oxygen atoms in total.